The van der Waals surface area contributed by atoms with Gasteiger partial charge in [0.05, 0.1) is 0 Å². The van der Waals surface area contributed by atoms with Gasteiger partial charge in [0.2, 0.25) is 0 Å². The molecule has 0 heterocycles. The Kier molecular flexibility index (Phi) is 5.18. The Morgan fingerprint density at radius 1 is 1.30 bits per heavy atom. The molecule has 0 aliphatic heterocycles. The highest BCUT2D eigenvalue weighted by atomic mass is 16.5. The first kappa shape index (κ1) is 17.6. The molecule has 2 bridgehead atoms. The number of benzene rings is 1. The average molecular weight is 315 g/mol. The number of para-hydroxylation sites is 1. The fraction of sp³-hybridized carbons (Fsp3) is 0.550. The third kappa shape index (κ3) is 3.29. The van der Waals surface area contributed by atoms with Crippen LogP contribution >= 0.6 is 0 Å². The second-order valence-electron chi connectivity index (χ2n) is 7.36. The van der Waals surface area contributed by atoms with E-state index in [2.05, 4.69) is 32.7 Å². The maximum Gasteiger partial charge on any atom is 0.330 e. The van der Waals surface area contributed by atoms with Crippen LogP contribution in [0.1, 0.15) is 40.0 Å². The van der Waals surface area contributed by atoms with Crippen LogP contribution < -0.4 is 5.32 Å². The smallest absolute Gasteiger partial charge is 0.330 e. The summed E-state index contributed by atoms with van der Waals surface area (Å²) in [5.74, 6) is 0.440. The predicted octanol–water partition coefficient (Wildman–Crippen LogP) is 4.66. The molecule has 2 aliphatic carbocycles. The summed E-state index contributed by atoms with van der Waals surface area (Å²) in [6, 6.07) is 10.1. The van der Waals surface area contributed by atoms with Gasteiger partial charge in [-0.1, -0.05) is 45.5 Å². The zero-order valence-electron chi connectivity index (χ0n) is 14.8. The third-order valence-electron chi connectivity index (χ3n) is 6.20. The van der Waals surface area contributed by atoms with Crippen molar-refractivity contribution in [2.75, 3.05) is 12.4 Å². The highest BCUT2D eigenvalue weighted by molar-refractivity contribution is 5.81. The number of nitrogens with one attached hydrogen (secondary N) is 1. The minimum atomic E-state index is -0.274. The Labute approximate surface area is 140 Å². The normalized spacial score (nSPS) is 30.1. The number of hydrogen-bond acceptors (Lipinski definition) is 3. The second-order valence-corrected chi connectivity index (χ2v) is 7.36. The molecule has 1 aromatic rings. The van der Waals surface area contributed by atoms with Crippen LogP contribution in [0.4, 0.5) is 5.69 Å². The van der Waals surface area contributed by atoms with Gasteiger partial charge in [0.1, 0.15) is 6.10 Å². The van der Waals surface area contributed by atoms with Gasteiger partial charge >= 0.3 is 5.97 Å². The van der Waals surface area contributed by atoms with Crippen molar-refractivity contribution in [3.05, 3.63) is 43.0 Å². The van der Waals surface area contributed by atoms with E-state index in [1.54, 1.807) is 0 Å². The average Bonchev–Trinajstić information content (AvgIpc) is 2.89. The minimum Gasteiger partial charge on any atom is -0.459 e. The van der Waals surface area contributed by atoms with Gasteiger partial charge in [0, 0.05) is 24.2 Å². The molecular formula is C20H29NO2. The molecule has 2 fully saturated rings. The van der Waals surface area contributed by atoms with E-state index in [4.69, 9.17) is 4.74 Å². The number of ether oxygens (including phenoxy) is 1. The van der Waals surface area contributed by atoms with Gasteiger partial charge in [-0.15, -0.1) is 0 Å². The first-order valence-corrected chi connectivity index (χ1v) is 8.41. The molecule has 3 rings (SSSR count). The van der Waals surface area contributed by atoms with E-state index in [-0.39, 0.29) is 17.5 Å². The SMILES string of the molecule is C=CC(=O)OC1CC2CCC1(C)C2(C)C.CNc1ccccc1. The molecule has 3 unspecified atom stereocenters. The number of rotatable bonds is 3. The second kappa shape index (κ2) is 6.77. The van der Waals surface area contributed by atoms with Gasteiger partial charge in [0.15, 0.2) is 0 Å². The van der Waals surface area contributed by atoms with Crippen LogP contribution in [0.3, 0.4) is 0 Å². The molecule has 1 aromatic carbocycles. The van der Waals surface area contributed by atoms with E-state index in [0.29, 0.717) is 11.3 Å². The molecule has 0 spiro atoms. The zero-order valence-corrected chi connectivity index (χ0v) is 14.8. The van der Waals surface area contributed by atoms with Crippen LogP contribution in [0.2, 0.25) is 0 Å². The summed E-state index contributed by atoms with van der Waals surface area (Å²) in [4.78, 5) is 11.3. The van der Waals surface area contributed by atoms with E-state index in [1.807, 2.05) is 37.4 Å². The maximum absolute atomic E-state index is 11.3. The van der Waals surface area contributed by atoms with E-state index >= 15 is 0 Å². The molecule has 0 saturated heterocycles. The highest BCUT2D eigenvalue weighted by Crippen LogP contribution is 2.66. The molecule has 0 radical (unpaired) electrons. The maximum atomic E-state index is 11.3. The molecule has 3 heteroatoms. The van der Waals surface area contributed by atoms with Gasteiger partial charge in [-0.2, -0.15) is 0 Å². The van der Waals surface area contributed by atoms with E-state index in [9.17, 15) is 4.79 Å². The van der Waals surface area contributed by atoms with E-state index < -0.39 is 0 Å². The molecule has 126 valence electrons. The molecule has 0 amide bonds. The van der Waals surface area contributed by atoms with Crippen molar-refractivity contribution in [2.24, 2.45) is 16.7 Å². The lowest BCUT2D eigenvalue weighted by Crippen LogP contribution is -2.38. The topological polar surface area (TPSA) is 38.3 Å². The van der Waals surface area contributed by atoms with Crippen LogP contribution in [0.5, 0.6) is 0 Å². The van der Waals surface area contributed by atoms with Crippen molar-refractivity contribution < 1.29 is 9.53 Å². The summed E-state index contributed by atoms with van der Waals surface area (Å²) >= 11 is 0. The Morgan fingerprint density at radius 2 is 1.96 bits per heavy atom. The fourth-order valence-electron chi connectivity index (χ4n) is 4.10. The van der Waals surface area contributed by atoms with Crippen LogP contribution in [0.25, 0.3) is 0 Å². The molecular weight excluding hydrogens is 286 g/mol. The standard InChI is InChI=1S/C13H20O2.C7H9N/c1-5-11(14)15-10-8-9-6-7-13(10,4)12(9,2)3;1-8-7-5-3-2-4-6-7/h5,9-10H,1,6-8H2,2-4H3;2-6,8H,1H3. The summed E-state index contributed by atoms with van der Waals surface area (Å²) in [7, 11) is 1.91. The van der Waals surface area contributed by atoms with Gasteiger partial charge in [-0.3, -0.25) is 0 Å². The van der Waals surface area contributed by atoms with Gasteiger partial charge in [-0.25, -0.2) is 4.79 Å². The predicted molar refractivity (Wildman–Crippen MR) is 95.3 cm³/mol. The first-order chi connectivity index (χ1) is 10.8. The molecule has 0 aromatic heterocycles. The molecule has 23 heavy (non-hydrogen) atoms. The number of anilines is 1. The van der Waals surface area contributed by atoms with Gasteiger partial charge in [0.25, 0.3) is 0 Å². The van der Waals surface area contributed by atoms with Crippen molar-refractivity contribution >= 4 is 11.7 Å². The van der Waals surface area contributed by atoms with Crippen LogP contribution in [-0.2, 0) is 9.53 Å². The molecule has 1 N–H and O–H groups in total. The first-order valence-electron chi connectivity index (χ1n) is 8.41. The fourth-order valence-corrected chi connectivity index (χ4v) is 4.10. The quantitative estimate of drug-likeness (QED) is 0.651. The Morgan fingerprint density at radius 3 is 2.35 bits per heavy atom. The van der Waals surface area contributed by atoms with Crippen LogP contribution in [0.15, 0.2) is 43.0 Å². The number of carbonyl (C=O) groups is 1. The van der Waals surface area contributed by atoms with E-state index in [0.717, 1.165) is 12.1 Å². The molecule has 2 aliphatic rings. The van der Waals surface area contributed by atoms with Crippen molar-refractivity contribution in [1.82, 2.24) is 0 Å². The van der Waals surface area contributed by atoms with Crippen molar-refractivity contribution in [1.29, 1.82) is 0 Å². The third-order valence-corrected chi connectivity index (χ3v) is 6.20. The summed E-state index contributed by atoms with van der Waals surface area (Å²) in [6.07, 6.45) is 4.85. The van der Waals surface area contributed by atoms with Crippen molar-refractivity contribution in [3.8, 4) is 0 Å². The Balaban J connectivity index is 0.000000203. The largest absolute Gasteiger partial charge is 0.459 e. The van der Waals surface area contributed by atoms with Crippen molar-refractivity contribution in [3.63, 3.8) is 0 Å². The summed E-state index contributed by atoms with van der Waals surface area (Å²) in [5, 5.41) is 3.03. The summed E-state index contributed by atoms with van der Waals surface area (Å²) in [5.41, 5.74) is 1.63. The van der Waals surface area contributed by atoms with Crippen molar-refractivity contribution in [2.45, 2.75) is 46.1 Å². The Bertz CT molecular complexity index is 552. The minimum absolute atomic E-state index is 0.0942. The van der Waals surface area contributed by atoms with Gasteiger partial charge < -0.3 is 10.1 Å². The number of fused-ring (bicyclic) bond motifs is 2. The highest BCUT2D eigenvalue weighted by Gasteiger charge is 2.62. The van der Waals surface area contributed by atoms with Gasteiger partial charge in [-0.05, 0) is 42.7 Å². The lowest BCUT2D eigenvalue weighted by atomic mass is 9.70. The molecule has 2 saturated carbocycles. The summed E-state index contributed by atoms with van der Waals surface area (Å²) in [6.45, 7) is 10.3. The van der Waals surface area contributed by atoms with Crippen LogP contribution in [-0.4, -0.2) is 19.1 Å². The lowest BCUT2D eigenvalue weighted by Gasteiger charge is -2.38. The molecule has 3 nitrogen and oxygen atoms in total. The number of esters is 1. The molecule has 3 atom stereocenters. The Hall–Kier alpha value is -1.77. The zero-order chi connectivity index (χ0) is 17.1. The summed E-state index contributed by atoms with van der Waals surface area (Å²) < 4.78 is 5.48. The lowest BCUT2D eigenvalue weighted by molar-refractivity contribution is -0.150. The number of carbonyl (C=O) groups excluding carboxylic acids is 1. The van der Waals surface area contributed by atoms with E-state index in [1.165, 1.54) is 18.9 Å². The monoisotopic (exact) mass is 315 g/mol. The number of hydrogen-bond donors (Lipinski definition) is 1. The van der Waals surface area contributed by atoms with Crippen LogP contribution in [0, 0.1) is 16.7 Å².